The number of sulfone groups is 1. The Kier molecular flexibility index (Phi) is 4.11. The van der Waals surface area contributed by atoms with Gasteiger partial charge in [-0.25, -0.2) is 12.8 Å². The monoisotopic (exact) mass is 261 g/mol. The molecule has 96 valence electrons. The first-order valence-corrected chi connectivity index (χ1v) is 6.97. The number of nitrogens with two attached hydrogens (primary N) is 1. The molecule has 0 radical (unpaired) electrons. The number of halogens is 1. The highest BCUT2D eigenvalue weighted by molar-refractivity contribution is 7.90. The van der Waals surface area contributed by atoms with E-state index in [1.807, 2.05) is 0 Å². The standard InChI is InChI=1S/C11H16FNO3S/c1-7(13)6-8-4-5-9(17(3,14)15)10(12)11(8)16-2/h4-5,7H,6,13H2,1-3H3. The van der Waals surface area contributed by atoms with E-state index in [9.17, 15) is 12.8 Å². The van der Waals surface area contributed by atoms with Crippen molar-refractivity contribution in [2.24, 2.45) is 5.73 Å². The molecule has 0 aromatic heterocycles. The summed E-state index contributed by atoms with van der Waals surface area (Å²) in [5.41, 5.74) is 6.19. The maximum absolute atomic E-state index is 13.9. The van der Waals surface area contributed by atoms with Gasteiger partial charge in [0, 0.05) is 12.3 Å². The first-order valence-electron chi connectivity index (χ1n) is 5.08. The average molecular weight is 261 g/mol. The highest BCUT2D eigenvalue weighted by Gasteiger charge is 2.20. The molecule has 1 atom stereocenters. The van der Waals surface area contributed by atoms with Crippen molar-refractivity contribution in [3.05, 3.63) is 23.5 Å². The van der Waals surface area contributed by atoms with Gasteiger partial charge in [0.2, 0.25) is 0 Å². The molecule has 1 aromatic carbocycles. The number of methoxy groups -OCH3 is 1. The predicted octanol–water partition coefficient (Wildman–Crippen LogP) is 1.13. The van der Waals surface area contributed by atoms with Gasteiger partial charge in [-0.2, -0.15) is 0 Å². The van der Waals surface area contributed by atoms with Crippen LogP contribution in [0.2, 0.25) is 0 Å². The van der Waals surface area contributed by atoms with Crippen molar-refractivity contribution in [3.8, 4) is 5.75 Å². The Balaban J connectivity index is 3.37. The zero-order chi connectivity index (χ0) is 13.2. The molecular weight excluding hydrogens is 245 g/mol. The summed E-state index contributed by atoms with van der Waals surface area (Å²) in [6.45, 7) is 1.78. The molecule has 0 fully saturated rings. The fourth-order valence-corrected chi connectivity index (χ4v) is 2.33. The summed E-state index contributed by atoms with van der Waals surface area (Å²) in [6.07, 6.45) is 1.38. The minimum absolute atomic E-state index is 0.0507. The van der Waals surface area contributed by atoms with Gasteiger partial charge in [0.1, 0.15) is 4.90 Å². The number of rotatable bonds is 4. The van der Waals surface area contributed by atoms with Crippen LogP contribution in [0.15, 0.2) is 17.0 Å². The maximum atomic E-state index is 13.9. The molecular formula is C11H16FNO3S. The molecule has 0 aliphatic heterocycles. The lowest BCUT2D eigenvalue weighted by atomic mass is 10.1. The predicted molar refractivity (Wildman–Crippen MR) is 63.4 cm³/mol. The molecule has 1 rings (SSSR count). The Morgan fingerprint density at radius 3 is 2.47 bits per heavy atom. The summed E-state index contributed by atoms with van der Waals surface area (Å²) >= 11 is 0. The molecule has 0 bridgehead atoms. The minimum atomic E-state index is -3.60. The quantitative estimate of drug-likeness (QED) is 0.882. The van der Waals surface area contributed by atoms with Crippen molar-refractivity contribution < 1.29 is 17.5 Å². The Hall–Kier alpha value is -1.14. The lowest BCUT2D eigenvalue weighted by Crippen LogP contribution is -2.18. The summed E-state index contributed by atoms with van der Waals surface area (Å²) in [4.78, 5) is -0.359. The van der Waals surface area contributed by atoms with E-state index in [0.29, 0.717) is 12.0 Å². The van der Waals surface area contributed by atoms with Crippen molar-refractivity contribution in [1.29, 1.82) is 0 Å². The molecule has 0 amide bonds. The molecule has 1 unspecified atom stereocenters. The van der Waals surface area contributed by atoms with Gasteiger partial charge in [-0.15, -0.1) is 0 Å². The van der Waals surface area contributed by atoms with Crippen LogP contribution in [-0.4, -0.2) is 27.8 Å². The molecule has 4 nitrogen and oxygen atoms in total. The van der Waals surface area contributed by atoms with Gasteiger partial charge in [-0.3, -0.25) is 0 Å². The third kappa shape index (κ3) is 3.17. The third-order valence-corrected chi connectivity index (χ3v) is 3.40. The van der Waals surface area contributed by atoms with E-state index >= 15 is 0 Å². The van der Waals surface area contributed by atoms with E-state index in [1.54, 1.807) is 6.92 Å². The summed E-state index contributed by atoms with van der Waals surface area (Å²) in [5.74, 6) is -0.904. The highest BCUT2D eigenvalue weighted by atomic mass is 32.2. The van der Waals surface area contributed by atoms with Crippen LogP contribution >= 0.6 is 0 Å². The van der Waals surface area contributed by atoms with Crippen molar-refractivity contribution in [2.45, 2.75) is 24.3 Å². The van der Waals surface area contributed by atoms with E-state index in [4.69, 9.17) is 10.5 Å². The van der Waals surface area contributed by atoms with Crippen LogP contribution < -0.4 is 10.5 Å². The largest absolute Gasteiger partial charge is 0.493 e. The first kappa shape index (κ1) is 13.9. The lowest BCUT2D eigenvalue weighted by Gasteiger charge is -2.13. The molecule has 6 heteroatoms. The normalized spacial score (nSPS) is 13.5. The molecule has 2 N–H and O–H groups in total. The highest BCUT2D eigenvalue weighted by Crippen LogP contribution is 2.29. The second-order valence-electron chi connectivity index (χ2n) is 4.02. The second kappa shape index (κ2) is 5.01. The number of hydrogen-bond donors (Lipinski definition) is 1. The van der Waals surface area contributed by atoms with E-state index in [2.05, 4.69) is 0 Å². The zero-order valence-corrected chi connectivity index (χ0v) is 10.8. The molecule has 1 aromatic rings. The van der Waals surface area contributed by atoms with Crippen molar-refractivity contribution in [1.82, 2.24) is 0 Å². The van der Waals surface area contributed by atoms with E-state index in [1.165, 1.54) is 19.2 Å². The average Bonchev–Trinajstić information content (AvgIpc) is 2.15. The van der Waals surface area contributed by atoms with Crippen molar-refractivity contribution >= 4 is 9.84 Å². The maximum Gasteiger partial charge on any atom is 0.183 e. The van der Waals surface area contributed by atoms with E-state index in [-0.39, 0.29) is 16.7 Å². The SMILES string of the molecule is COc1c(CC(C)N)ccc(S(C)(=O)=O)c1F. The summed E-state index contributed by atoms with van der Waals surface area (Å²) < 4.78 is 41.5. The second-order valence-corrected chi connectivity index (χ2v) is 6.01. The van der Waals surface area contributed by atoms with Crippen molar-refractivity contribution in [2.75, 3.05) is 13.4 Å². The lowest BCUT2D eigenvalue weighted by molar-refractivity contribution is 0.374. The number of hydrogen-bond acceptors (Lipinski definition) is 4. The summed E-state index contributed by atoms with van der Waals surface area (Å²) in [6, 6.07) is 2.61. The third-order valence-electron chi connectivity index (χ3n) is 2.29. The van der Waals surface area contributed by atoms with Crippen LogP contribution in [0.4, 0.5) is 4.39 Å². The van der Waals surface area contributed by atoms with Crippen LogP contribution in [0.25, 0.3) is 0 Å². The van der Waals surface area contributed by atoms with Gasteiger partial charge >= 0.3 is 0 Å². The molecule has 0 spiro atoms. The Labute approximate surface area is 101 Å². The van der Waals surface area contributed by atoms with Gasteiger partial charge in [0.25, 0.3) is 0 Å². The molecule has 0 saturated heterocycles. The van der Waals surface area contributed by atoms with Crippen LogP contribution in [0, 0.1) is 5.82 Å². The molecule has 17 heavy (non-hydrogen) atoms. The number of ether oxygens (including phenoxy) is 1. The van der Waals surface area contributed by atoms with Gasteiger partial charge < -0.3 is 10.5 Å². The van der Waals surface area contributed by atoms with E-state index < -0.39 is 15.7 Å². The topological polar surface area (TPSA) is 69.4 Å². The fraction of sp³-hybridized carbons (Fsp3) is 0.455. The first-order chi connectivity index (χ1) is 7.77. The minimum Gasteiger partial charge on any atom is -0.493 e. The van der Waals surface area contributed by atoms with Gasteiger partial charge in [0.05, 0.1) is 7.11 Å². The van der Waals surface area contributed by atoms with Gasteiger partial charge in [0.15, 0.2) is 21.4 Å². The summed E-state index contributed by atoms with van der Waals surface area (Å²) in [7, 11) is -2.30. The van der Waals surface area contributed by atoms with Gasteiger partial charge in [-0.05, 0) is 25.0 Å². The van der Waals surface area contributed by atoms with Crippen LogP contribution in [0.3, 0.4) is 0 Å². The zero-order valence-electron chi connectivity index (χ0n) is 10.0. The Bertz CT molecular complexity index is 512. The number of benzene rings is 1. The van der Waals surface area contributed by atoms with Crippen LogP contribution in [0.1, 0.15) is 12.5 Å². The van der Waals surface area contributed by atoms with Gasteiger partial charge in [-0.1, -0.05) is 6.07 Å². The molecule has 0 aliphatic carbocycles. The fourth-order valence-electron chi connectivity index (χ4n) is 1.59. The van der Waals surface area contributed by atoms with E-state index in [0.717, 1.165) is 6.26 Å². The van der Waals surface area contributed by atoms with Crippen molar-refractivity contribution in [3.63, 3.8) is 0 Å². The summed E-state index contributed by atoms with van der Waals surface area (Å²) in [5, 5.41) is 0. The molecule has 0 saturated carbocycles. The Morgan fingerprint density at radius 1 is 1.47 bits per heavy atom. The molecule has 0 aliphatic rings. The smallest absolute Gasteiger partial charge is 0.183 e. The van der Waals surface area contributed by atoms with Crippen LogP contribution in [-0.2, 0) is 16.3 Å². The molecule has 0 heterocycles. The Morgan fingerprint density at radius 2 is 2.06 bits per heavy atom. The van der Waals surface area contributed by atoms with Crippen LogP contribution in [0.5, 0.6) is 5.75 Å².